The van der Waals surface area contributed by atoms with E-state index in [9.17, 15) is 14.0 Å². The zero-order chi connectivity index (χ0) is 21.8. The zero-order valence-corrected chi connectivity index (χ0v) is 17.4. The van der Waals surface area contributed by atoms with Gasteiger partial charge in [0.05, 0.1) is 17.7 Å². The molecule has 0 saturated carbocycles. The van der Waals surface area contributed by atoms with E-state index in [1.54, 1.807) is 13.0 Å². The summed E-state index contributed by atoms with van der Waals surface area (Å²) in [7, 11) is 0. The monoisotopic (exact) mass is 414 g/mol. The van der Waals surface area contributed by atoms with Crippen LogP contribution < -0.4 is 10.6 Å². The van der Waals surface area contributed by atoms with Crippen molar-refractivity contribution in [2.45, 2.75) is 20.8 Å². The van der Waals surface area contributed by atoms with E-state index in [1.807, 2.05) is 18.7 Å². The Morgan fingerprint density at radius 1 is 1.30 bits per heavy atom. The second-order valence-electron chi connectivity index (χ2n) is 7.28. The molecule has 1 aromatic heterocycles. The molecule has 160 valence electrons. The average Bonchev–Trinajstić information content (AvgIpc) is 3.16. The van der Waals surface area contributed by atoms with Crippen LogP contribution in [0.25, 0.3) is 11.6 Å². The summed E-state index contributed by atoms with van der Waals surface area (Å²) in [6.45, 7) is 8.16. The number of benzene rings is 1. The lowest BCUT2D eigenvalue weighted by Gasteiger charge is -2.19. The van der Waals surface area contributed by atoms with Crippen molar-refractivity contribution in [2.24, 2.45) is 0 Å². The zero-order valence-electron chi connectivity index (χ0n) is 17.4. The molecule has 2 amide bonds. The fraction of sp³-hybridized carbons (Fsp3) is 0.364. The van der Waals surface area contributed by atoms with Crippen LogP contribution in [0.1, 0.15) is 39.8 Å². The van der Waals surface area contributed by atoms with Crippen LogP contribution >= 0.6 is 0 Å². The summed E-state index contributed by atoms with van der Waals surface area (Å²) in [5.74, 6) is -0.928. The van der Waals surface area contributed by atoms with Crippen LogP contribution in [-0.2, 0) is 4.79 Å². The van der Waals surface area contributed by atoms with Crippen LogP contribution in [0.3, 0.4) is 0 Å². The number of aryl methyl sites for hydroxylation is 1. The highest BCUT2D eigenvalue weighted by atomic mass is 19.1. The third kappa shape index (κ3) is 4.44. The molecule has 4 N–H and O–H groups in total. The number of carbonyl (C=O) groups is 2. The number of hydrogen-bond donors (Lipinski definition) is 4. The number of aromatic amines is 1. The lowest BCUT2D eigenvalue weighted by Crippen LogP contribution is -2.36. The average molecular weight is 414 g/mol. The second kappa shape index (κ2) is 9.23. The molecule has 0 spiro atoms. The van der Waals surface area contributed by atoms with E-state index >= 15 is 0 Å². The van der Waals surface area contributed by atoms with E-state index in [0.29, 0.717) is 53.4 Å². The molecule has 0 saturated heterocycles. The summed E-state index contributed by atoms with van der Waals surface area (Å²) in [4.78, 5) is 30.3. The molecule has 1 aliphatic heterocycles. The minimum atomic E-state index is -0.419. The third-order valence-corrected chi connectivity index (χ3v) is 5.33. The van der Waals surface area contributed by atoms with Crippen molar-refractivity contribution in [1.82, 2.24) is 15.2 Å². The van der Waals surface area contributed by atoms with Crippen LogP contribution in [0.15, 0.2) is 18.2 Å². The molecule has 0 radical (unpaired) electrons. The number of anilines is 1. The number of H-pyrrole nitrogens is 1. The van der Waals surface area contributed by atoms with Gasteiger partial charge in [-0.15, -0.1) is 0 Å². The fourth-order valence-corrected chi connectivity index (χ4v) is 3.69. The van der Waals surface area contributed by atoms with Crippen LogP contribution in [0, 0.1) is 19.7 Å². The standard InChI is InChI=1S/C22H27FN4O3/c1-4-27(9-10-28)8-7-24-22(30)20-13(2)19(25-14(20)3)12-17-16-11-15(23)5-6-18(16)26-21(17)29/h5-6,11-12,25,28H,4,7-10H2,1-3H3,(H,24,30)(H,26,29)/b17-12-. The van der Waals surface area contributed by atoms with Gasteiger partial charge in [0, 0.05) is 42.3 Å². The summed E-state index contributed by atoms with van der Waals surface area (Å²) in [6.07, 6.45) is 1.65. The van der Waals surface area contributed by atoms with Gasteiger partial charge in [-0.3, -0.25) is 14.5 Å². The SMILES string of the molecule is CCN(CCO)CCNC(=O)c1c(C)[nH]c(/C=C2\C(=O)Nc3ccc(F)cc32)c1C. The molecule has 2 heterocycles. The predicted molar refractivity (Wildman–Crippen MR) is 115 cm³/mol. The van der Waals surface area contributed by atoms with Crippen molar-refractivity contribution in [1.29, 1.82) is 0 Å². The number of nitrogens with one attached hydrogen (secondary N) is 3. The number of nitrogens with zero attached hydrogens (tertiary/aromatic N) is 1. The first-order chi connectivity index (χ1) is 14.3. The molecule has 3 rings (SSSR count). The number of aliphatic hydroxyl groups excluding tert-OH is 1. The Balaban J connectivity index is 1.80. The van der Waals surface area contributed by atoms with Gasteiger partial charge in [-0.2, -0.15) is 0 Å². The Morgan fingerprint density at radius 2 is 2.07 bits per heavy atom. The minimum absolute atomic E-state index is 0.0798. The number of amides is 2. The van der Waals surface area contributed by atoms with Crippen LogP contribution in [0.4, 0.5) is 10.1 Å². The first kappa shape index (κ1) is 21.7. The maximum atomic E-state index is 13.7. The lowest BCUT2D eigenvalue weighted by atomic mass is 10.0. The van der Waals surface area contributed by atoms with Gasteiger partial charge >= 0.3 is 0 Å². The summed E-state index contributed by atoms with van der Waals surface area (Å²) in [6, 6.07) is 4.16. The second-order valence-corrected chi connectivity index (χ2v) is 7.28. The number of hydrogen-bond acceptors (Lipinski definition) is 4. The highest BCUT2D eigenvalue weighted by Crippen LogP contribution is 2.34. The molecular formula is C22H27FN4O3. The molecule has 8 heteroatoms. The summed E-state index contributed by atoms with van der Waals surface area (Å²) in [5, 5.41) is 14.7. The predicted octanol–water partition coefficient (Wildman–Crippen LogP) is 2.31. The van der Waals surface area contributed by atoms with E-state index in [4.69, 9.17) is 5.11 Å². The van der Waals surface area contributed by atoms with E-state index < -0.39 is 5.82 Å². The Kier molecular flexibility index (Phi) is 6.69. The molecule has 1 aromatic carbocycles. The van der Waals surface area contributed by atoms with E-state index in [1.165, 1.54) is 18.2 Å². The van der Waals surface area contributed by atoms with Crippen molar-refractivity contribution >= 4 is 29.2 Å². The number of aliphatic hydroxyl groups is 1. The normalized spacial score (nSPS) is 14.3. The Labute approximate surface area is 175 Å². The molecule has 0 aliphatic carbocycles. The van der Waals surface area contributed by atoms with Gasteiger partial charge in [-0.05, 0) is 50.2 Å². The summed E-state index contributed by atoms with van der Waals surface area (Å²) >= 11 is 0. The highest BCUT2D eigenvalue weighted by molar-refractivity contribution is 6.34. The fourth-order valence-electron chi connectivity index (χ4n) is 3.69. The Hall–Kier alpha value is -2.97. The molecule has 0 bridgehead atoms. The topological polar surface area (TPSA) is 97.5 Å². The van der Waals surface area contributed by atoms with Gasteiger partial charge in [-0.25, -0.2) is 4.39 Å². The molecule has 0 fully saturated rings. The van der Waals surface area contributed by atoms with Crippen molar-refractivity contribution in [2.75, 3.05) is 38.1 Å². The molecule has 0 unspecified atom stereocenters. The highest BCUT2D eigenvalue weighted by Gasteiger charge is 2.26. The van der Waals surface area contributed by atoms with Crippen molar-refractivity contribution in [3.05, 3.63) is 52.1 Å². The first-order valence-corrected chi connectivity index (χ1v) is 9.99. The summed E-state index contributed by atoms with van der Waals surface area (Å²) < 4.78 is 13.7. The van der Waals surface area contributed by atoms with Crippen molar-refractivity contribution in [3.8, 4) is 0 Å². The van der Waals surface area contributed by atoms with Gasteiger partial charge in [0.2, 0.25) is 0 Å². The maximum Gasteiger partial charge on any atom is 0.256 e. The quantitative estimate of drug-likeness (QED) is 0.499. The first-order valence-electron chi connectivity index (χ1n) is 9.99. The van der Waals surface area contributed by atoms with Gasteiger partial charge < -0.3 is 20.7 Å². The maximum absolute atomic E-state index is 13.7. The molecule has 0 atom stereocenters. The van der Waals surface area contributed by atoms with Crippen LogP contribution in [0.2, 0.25) is 0 Å². The number of aromatic nitrogens is 1. The molecule has 30 heavy (non-hydrogen) atoms. The van der Waals surface area contributed by atoms with Gasteiger partial charge in [0.1, 0.15) is 5.82 Å². The number of halogens is 1. The third-order valence-electron chi connectivity index (χ3n) is 5.33. The number of rotatable bonds is 8. The summed E-state index contributed by atoms with van der Waals surface area (Å²) in [5.41, 5.74) is 4.00. The van der Waals surface area contributed by atoms with Crippen molar-refractivity contribution < 1.29 is 19.1 Å². The molecule has 2 aromatic rings. The van der Waals surface area contributed by atoms with Gasteiger partial charge in [0.25, 0.3) is 11.8 Å². The smallest absolute Gasteiger partial charge is 0.256 e. The van der Waals surface area contributed by atoms with Gasteiger partial charge in [-0.1, -0.05) is 6.92 Å². The molecule has 1 aliphatic rings. The number of fused-ring (bicyclic) bond motifs is 1. The van der Waals surface area contributed by atoms with Crippen LogP contribution in [0.5, 0.6) is 0 Å². The van der Waals surface area contributed by atoms with Crippen LogP contribution in [-0.4, -0.2) is 59.6 Å². The van der Waals surface area contributed by atoms with Crippen molar-refractivity contribution in [3.63, 3.8) is 0 Å². The molecule has 7 nitrogen and oxygen atoms in total. The number of carbonyl (C=O) groups excluding carboxylic acids is 2. The Morgan fingerprint density at radius 3 is 2.77 bits per heavy atom. The largest absolute Gasteiger partial charge is 0.395 e. The lowest BCUT2D eigenvalue weighted by molar-refractivity contribution is -0.110. The molecular weight excluding hydrogens is 387 g/mol. The van der Waals surface area contributed by atoms with E-state index in [0.717, 1.165) is 12.1 Å². The minimum Gasteiger partial charge on any atom is -0.395 e. The number of likely N-dealkylation sites (N-methyl/N-ethyl adjacent to an activating group) is 1. The van der Waals surface area contributed by atoms with E-state index in [-0.39, 0.29) is 18.4 Å². The van der Waals surface area contributed by atoms with Gasteiger partial charge in [0.15, 0.2) is 0 Å². The Bertz CT molecular complexity index is 997. The van der Waals surface area contributed by atoms with E-state index in [2.05, 4.69) is 15.6 Å².